The Morgan fingerprint density at radius 1 is 1.11 bits per heavy atom. The largest absolute Gasteiger partial charge is 0.493 e. The molecule has 0 bridgehead atoms. The Kier molecular flexibility index (Phi) is 6.73. The molecule has 3 N–H and O–H groups in total. The van der Waals surface area contributed by atoms with Crippen molar-refractivity contribution in [1.29, 1.82) is 0 Å². The van der Waals surface area contributed by atoms with Crippen molar-refractivity contribution in [2.24, 2.45) is 4.99 Å². The normalized spacial score (nSPS) is 12.6. The SMILES string of the molecule is CN=C(NCc1cccc(OC)c1OC)NCC(O)c1cc2ccccc2s1. The summed E-state index contributed by atoms with van der Waals surface area (Å²) in [6, 6.07) is 15.9. The summed E-state index contributed by atoms with van der Waals surface area (Å²) in [5.74, 6) is 1.98. The van der Waals surface area contributed by atoms with Gasteiger partial charge in [-0.3, -0.25) is 4.99 Å². The highest BCUT2D eigenvalue weighted by Crippen LogP contribution is 2.31. The van der Waals surface area contributed by atoms with Crippen LogP contribution < -0.4 is 20.1 Å². The third kappa shape index (κ3) is 4.55. The summed E-state index contributed by atoms with van der Waals surface area (Å²) in [6.45, 7) is 0.876. The van der Waals surface area contributed by atoms with E-state index < -0.39 is 6.10 Å². The van der Waals surface area contributed by atoms with E-state index in [-0.39, 0.29) is 0 Å². The van der Waals surface area contributed by atoms with Crippen LogP contribution in [0.4, 0.5) is 0 Å². The number of aliphatic imine (C=N–C) groups is 1. The second-order valence-corrected chi connectivity index (χ2v) is 7.28. The predicted molar refractivity (Wildman–Crippen MR) is 115 cm³/mol. The molecule has 2 aromatic carbocycles. The van der Waals surface area contributed by atoms with Crippen molar-refractivity contribution in [2.75, 3.05) is 27.8 Å². The van der Waals surface area contributed by atoms with Crippen LogP contribution in [0, 0.1) is 0 Å². The summed E-state index contributed by atoms with van der Waals surface area (Å²) in [5.41, 5.74) is 0.954. The Bertz CT molecular complexity index is 922. The second kappa shape index (κ2) is 9.43. The van der Waals surface area contributed by atoms with E-state index in [0.29, 0.717) is 30.5 Å². The molecule has 0 aliphatic heterocycles. The fourth-order valence-electron chi connectivity index (χ4n) is 2.95. The van der Waals surface area contributed by atoms with Crippen LogP contribution in [0.15, 0.2) is 53.5 Å². The van der Waals surface area contributed by atoms with Gasteiger partial charge in [0.05, 0.1) is 14.2 Å². The first kappa shape index (κ1) is 20.0. The maximum Gasteiger partial charge on any atom is 0.191 e. The van der Waals surface area contributed by atoms with E-state index in [1.807, 2.05) is 36.4 Å². The lowest BCUT2D eigenvalue weighted by Gasteiger charge is -2.16. The van der Waals surface area contributed by atoms with Crippen molar-refractivity contribution in [1.82, 2.24) is 10.6 Å². The number of rotatable bonds is 7. The fourth-order valence-corrected chi connectivity index (χ4v) is 4.00. The topological polar surface area (TPSA) is 75.1 Å². The standard InChI is InChI=1S/C21H25N3O3S/c1-22-21(23-12-15-8-6-9-17(26-2)20(15)27-3)24-13-16(25)19-11-14-7-4-5-10-18(14)28-19/h4-11,16,25H,12-13H2,1-3H3,(H2,22,23,24). The average Bonchev–Trinajstić information content (AvgIpc) is 3.17. The molecule has 1 heterocycles. The molecule has 0 fully saturated rings. The van der Waals surface area contributed by atoms with Crippen LogP contribution in [0.25, 0.3) is 10.1 Å². The van der Waals surface area contributed by atoms with Gasteiger partial charge in [0.1, 0.15) is 6.10 Å². The number of para-hydroxylation sites is 1. The van der Waals surface area contributed by atoms with Gasteiger partial charge >= 0.3 is 0 Å². The number of guanidine groups is 1. The van der Waals surface area contributed by atoms with Gasteiger partial charge in [0.15, 0.2) is 17.5 Å². The van der Waals surface area contributed by atoms with Crippen LogP contribution in [0.1, 0.15) is 16.5 Å². The Labute approximate surface area is 168 Å². The van der Waals surface area contributed by atoms with Crippen molar-refractivity contribution in [3.05, 3.63) is 59.0 Å². The number of aliphatic hydroxyl groups excluding tert-OH is 1. The molecule has 3 rings (SSSR count). The summed E-state index contributed by atoms with van der Waals surface area (Å²) in [6.07, 6.45) is -0.609. The molecule has 1 aromatic heterocycles. The maximum absolute atomic E-state index is 10.5. The molecule has 0 saturated heterocycles. The number of hydrogen-bond acceptors (Lipinski definition) is 5. The molecule has 0 aliphatic rings. The number of ether oxygens (including phenoxy) is 2. The van der Waals surface area contributed by atoms with E-state index in [0.717, 1.165) is 15.8 Å². The average molecular weight is 400 g/mol. The lowest BCUT2D eigenvalue weighted by Crippen LogP contribution is -2.38. The highest BCUT2D eigenvalue weighted by Gasteiger charge is 2.13. The minimum absolute atomic E-state index is 0.363. The first-order valence-corrected chi connectivity index (χ1v) is 9.78. The summed E-state index contributed by atoms with van der Waals surface area (Å²) in [7, 11) is 4.94. The fraction of sp³-hybridized carbons (Fsp3) is 0.286. The van der Waals surface area contributed by atoms with Crippen molar-refractivity contribution < 1.29 is 14.6 Å². The van der Waals surface area contributed by atoms with Crippen LogP contribution in [-0.4, -0.2) is 38.9 Å². The lowest BCUT2D eigenvalue weighted by atomic mass is 10.2. The molecular formula is C21H25N3O3S. The summed E-state index contributed by atoms with van der Waals surface area (Å²) in [4.78, 5) is 5.15. The molecule has 0 saturated carbocycles. The minimum atomic E-state index is -0.609. The van der Waals surface area contributed by atoms with Crippen molar-refractivity contribution in [2.45, 2.75) is 12.6 Å². The number of methoxy groups -OCH3 is 2. The first-order valence-electron chi connectivity index (χ1n) is 8.97. The van der Waals surface area contributed by atoms with E-state index in [2.05, 4.69) is 27.8 Å². The number of aliphatic hydroxyl groups is 1. The van der Waals surface area contributed by atoms with Gasteiger partial charge in [0, 0.05) is 35.3 Å². The summed E-state index contributed by atoms with van der Waals surface area (Å²) < 4.78 is 12.0. The van der Waals surface area contributed by atoms with Crippen molar-refractivity contribution in [3.63, 3.8) is 0 Å². The quantitative estimate of drug-likeness (QED) is 0.420. The highest BCUT2D eigenvalue weighted by molar-refractivity contribution is 7.19. The zero-order valence-electron chi connectivity index (χ0n) is 16.2. The van der Waals surface area contributed by atoms with Crippen LogP contribution in [0.5, 0.6) is 11.5 Å². The molecule has 1 atom stereocenters. The molecule has 7 heteroatoms. The van der Waals surface area contributed by atoms with Gasteiger partial charge in [-0.25, -0.2) is 0 Å². The maximum atomic E-state index is 10.5. The third-order valence-corrected chi connectivity index (χ3v) is 5.61. The molecule has 0 spiro atoms. The van der Waals surface area contributed by atoms with E-state index in [4.69, 9.17) is 9.47 Å². The van der Waals surface area contributed by atoms with Gasteiger partial charge in [0.2, 0.25) is 0 Å². The van der Waals surface area contributed by atoms with Crippen molar-refractivity contribution in [3.8, 4) is 11.5 Å². The smallest absolute Gasteiger partial charge is 0.191 e. The van der Waals surface area contributed by atoms with Gasteiger partial charge < -0.3 is 25.2 Å². The number of nitrogens with zero attached hydrogens (tertiary/aromatic N) is 1. The Hall–Kier alpha value is -2.77. The molecular weight excluding hydrogens is 374 g/mol. The van der Waals surface area contributed by atoms with Crippen molar-refractivity contribution >= 4 is 27.4 Å². The molecule has 148 valence electrons. The molecule has 3 aromatic rings. The number of hydrogen-bond donors (Lipinski definition) is 3. The third-order valence-electron chi connectivity index (χ3n) is 4.39. The highest BCUT2D eigenvalue weighted by atomic mass is 32.1. The zero-order valence-corrected chi connectivity index (χ0v) is 17.0. The molecule has 6 nitrogen and oxygen atoms in total. The Balaban J connectivity index is 1.59. The zero-order chi connectivity index (χ0) is 19.9. The number of nitrogens with one attached hydrogen (secondary N) is 2. The van der Waals surface area contributed by atoms with E-state index in [1.54, 1.807) is 32.6 Å². The number of benzene rings is 2. The Morgan fingerprint density at radius 3 is 2.64 bits per heavy atom. The second-order valence-electron chi connectivity index (χ2n) is 6.16. The Morgan fingerprint density at radius 2 is 1.93 bits per heavy atom. The molecule has 28 heavy (non-hydrogen) atoms. The molecule has 1 unspecified atom stereocenters. The van der Waals surface area contributed by atoms with Crippen LogP contribution >= 0.6 is 11.3 Å². The van der Waals surface area contributed by atoms with Gasteiger partial charge in [-0.15, -0.1) is 11.3 Å². The minimum Gasteiger partial charge on any atom is -0.493 e. The van der Waals surface area contributed by atoms with Crippen LogP contribution in [0.2, 0.25) is 0 Å². The predicted octanol–water partition coefficient (Wildman–Crippen LogP) is 3.32. The van der Waals surface area contributed by atoms with Crippen LogP contribution in [-0.2, 0) is 6.54 Å². The first-order chi connectivity index (χ1) is 13.7. The summed E-state index contributed by atoms with van der Waals surface area (Å²) in [5, 5.41) is 18.1. The van der Waals surface area contributed by atoms with Gasteiger partial charge in [-0.1, -0.05) is 30.3 Å². The molecule has 0 amide bonds. The van der Waals surface area contributed by atoms with Gasteiger partial charge in [-0.2, -0.15) is 0 Å². The summed E-state index contributed by atoms with van der Waals surface area (Å²) >= 11 is 1.60. The molecule has 0 aliphatic carbocycles. The van der Waals surface area contributed by atoms with Gasteiger partial charge in [0.25, 0.3) is 0 Å². The number of fused-ring (bicyclic) bond motifs is 1. The van der Waals surface area contributed by atoms with Gasteiger partial charge in [-0.05, 0) is 23.6 Å². The lowest BCUT2D eigenvalue weighted by molar-refractivity contribution is 0.184. The van der Waals surface area contributed by atoms with Crippen LogP contribution in [0.3, 0.4) is 0 Å². The molecule has 0 radical (unpaired) electrons. The van der Waals surface area contributed by atoms with E-state index in [9.17, 15) is 5.11 Å². The van der Waals surface area contributed by atoms with E-state index in [1.165, 1.54) is 4.70 Å². The number of thiophene rings is 1. The monoisotopic (exact) mass is 399 g/mol. The van der Waals surface area contributed by atoms with E-state index >= 15 is 0 Å².